The summed E-state index contributed by atoms with van der Waals surface area (Å²) in [4.78, 5) is 0. The van der Waals surface area contributed by atoms with E-state index in [1.54, 1.807) is 6.07 Å². The second kappa shape index (κ2) is 8.02. The third-order valence-electron chi connectivity index (χ3n) is 6.37. The molecular weight excluding hydrogens is 407 g/mol. The van der Waals surface area contributed by atoms with Gasteiger partial charge in [0.1, 0.15) is 11.5 Å². The maximum Gasteiger partial charge on any atom is 0.573 e. The Morgan fingerprint density at radius 1 is 1.00 bits per heavy atom. The zero-order valence-corrected chi connectivity index (χ0v) is 17.2. The third kappa shape index (κ3) is 4.53. The fourth-order valence-electron chi connectivity index (χ4n) is 4.87. The first-order valence-electron chi connectivity index (χ1n) is 10.9. The zero-order valence-electron chi connectivity index (χ0n) is 17.2. The molecule has 3 fully saturated rings. The van der Waals surface area contributed by atoms with E-state index >= 15 is 0 Å². The lowest BCUT2D eigenvalue weighted by atomic mass is 9.80. The summed E-state index contributed by atoms with van der Waals surface area (Å²) in [5.74, 6) is 0.357. The van der Waals surface area contributed by atoms with Crippen LogP contribution >= 0.6 is 0 Å². The number of halogens is 3. The molecule has 0 bridgehead atoms. The Kier molecular flexibility index (Phi) is 5.34. The smallest absolute Gasteiger partial charge is 0.490 e. The first kappa shape index (κ1) is 20.6. The lowest BCUT2D eigenvalue weighted by Gasteiger charge is -2.42. The summed E-state index contributed by atoms with van der Waals surface area (Å²) in [5, 5.41) is 3.61. The molecule has 3 unspecified atom stereocenters. The van der Waals surface area contributed by atoms with E-state index in [0.717, 1.165) is 45.1 Å². The molecule has 166 valence electrons. The van der Waals surface area contributed by atoms with E-state index in [2.05, 4.69) is 22.2 Å². The van der Waals surface area contributed by atoms with Gasteiger partial charge in [-0.1, -0.05) is 30.3 Å². The Labute approximate surface area is 179 Å². The summed E-state index contributed by atoms with van der Waals surface area (Å²) in [5.41, 5.74) is 1.43. The van der Waals surface area contributed by atoms with E-state index in [0.29, 0.717) is 11.3 Å². The fraction of sp³-hybridized carbons (Fsp3) is 0.500. The molecule has 1 aliphatic carbocycles. The van der Waals surface area contributed by atoms with E-state index in [4.69, 9.17) is 9.47 Å². The highest BCUT2D eigenvalue weighted by Gasteiger charge is 2.49. The second-order valence-electron chi connectivity index (χ2n) is 8.68. The molecular formula is C24H26F3NO3. The van der Waals surface area contributed by atoms with Gasteiger partial charge in [0.25, 0.3) is 0 Å². The summed E-state index contributed by atoms with van der Waals surface area (Å²) in [6.07, 6.45) is 0.463. The minimum absolute atomic E-state index is 0.0508. The summed E-state index contributed by atoms with van der Waals surface area (Å²) in [6, 6.07) is 14.6. The molecule has 2 aromatic rings. The van der Waals surface area contributed by atoms with Gasteiger partial charge in [-0.25, -0.2) is 0 Å². The Morgan fingerprint density at radius 2 is 1.81 bits per heavy atom. The van der Waals surface area contributed by atoms with Gasteiger partial charge >= 0.3 is 6.36 Å². The summed E-state index contributed by atoms with van der Waals surface area (Å²) < 4.78 is 55.3. The Morgan fingerprint density at radius 3 is 2.55 bits per heavy atom. The molecule has 2 heterocycles. The van der Waals surface area contributed by atoms with Crippen molar-refractivity contribution in [2.24, 2.45) is 0 Å². The van der Waals surface area contributed by atoms with Crippen LogP contribution in [0.4, 0.5) is 13.2 Å². The number of alkyl halides is 3. The SMILES string of the molecule is FC(F)(F)Oc1ccc(OC2CC2)c(C2CCC3(CCCNC3c3ccccc3)O2)c1. The zero-order chi connectivity index (χ0) is 21.5. The lowest BCUT2D eigenvalue weighted by molar-refractivity contribution is -0.274. The fourth-order valence-corrected chi connectivity index (χ4v) is 4.87. The van der Waals surface area contributed by atoms with Crippen LogP contribution in [-0.2, 0) is 4.74 Å². The van der Waals surface area contributed by atoms with E-state index in [1.165, 1.54) is 17.7 Å². The van der Waals surface area contributed by atoms with Gasteiger partial charge in [0.2, 0.25) is 0 Å². The van der Waals surface area contributed by atoms with Crippen molar-refractivity contribution in [1.29, 1.82) is 0 Å². The average Bonchev–Trinajstić information content (AvgIpc) is 3.47. The first-order chi connectivity index (χ1) is 14.9. The van der Waals surface area contributed by atoms with Gasteiger partial charge < -0.3 is 19.5 Å². The van der Waals surface area contributed by atoms with Crippen molar-refractivity contribution in [3.8, 4) is 11.5 Å². The number of rotatable bonds is 5. The monoisotopic (exact) mass is 433 g/mol. The van der Waals surface area contributed by atoms with E-state index in [-0.39, 0.29) is 29.6 Å². The maximum atomic E-state index is 12.8. The Hall–Kier alpha value is -2.25. The number of hydrogen-bond donors (Lipinski definition) is 1. The van der Waals surface area contributed by atoms with Crippen molar-refractivity contribution < 1.29 is 27.4 Å². The van der Waals surface area contributed by atoms with Crippen molar-refractivity contribution in [3.05, 3.63) is 59.7 Å². The van der Waals surface area contributed by atoms with Crippen LogP contribution in [0.2, 0.25) is 0 Å². The van der Waals surface area contributed by atoms with Gasteiger partial charge in [-0.05, 0) is 68.8 Å². The quantitative estimate of drug-likeness (QED) is 0.643. The molecule has 7 heteroatoms. The van der Waals surface area contributed by atoms with Crippen LogP contribution in [0, 0.1) is 0 Å². The van der Waals surface area contributed by atoms with Crippen molar-refractivity contribution in [2.45, 2.75) is 68.7 Å². The van der Waals surface area contributed by atoms with Gasteiger partial charge in [-0.15, -0.1) is 13.2 Å². The largest absolute Gasteiger partial charge is 0.573 e. The molecule has 4 nitrogen and oxygen atoms in total. The number of nitrogens with one attached hydrogen (secondary N) is 1. The highest BCUT2D eigenvalue weighted by Crippen LogP contribution is 2.52. The molecule has 1 N–H and O–H groups in total. The van der Waals surface area contributed by atoms with Crippen molar-refractivity contribution in [2.75, 3.05) is 6.54 Å². The minimum atomic E-state index is -4.74. The highest BCUT2D eigenvalue weighted by atomic mass is 19.4. The molecule has 3 aliphatic rings. The average molecular weight is 433 g/mol. The highest BCUT2D eigenvalue weighted by molar-refractivity contribution is 5.43. The van der Waals surface area contributed by atoms with Crippen LogP contribution in [0.1, 0.15) is 61.8 Å². The van der Waals surface area contributed by atoms with Crippen LogP contribution < -0.4 is 14.8 Å². The van der Waals surface area contributed by atoms with Crippen LogP contribution in [0.25, 0.3) is 0 Å². The number of ether oxygens (including phenoxy) is 3. The number of benzene rings is 2. The van der Waals surface area contributed by atoms with Crippen molar-refractivity contribution in [3.63, 3.8) is 0 Å². The van der Waals surface area contributed by atoms with E-state index in [9.17, 15) is 13.2 Å². The minimum Gasteiger partial charge on any atom is -0.490 e. The topological polar surface area (TPSA) is 39.7 Å². The van der Waals surface area contributed by atoms with Crippen LogP contribution in [0.5, 0.6) is 11.5 Å². The first-order valence-corrected chi connectivity index (χ1v) is 10.9. The predicted molar refractivity (Wildman–Crippen MR) is 109 cm³/mol. The normalized spacial score (nSPS) is 28.6. The van der Waals surface area contributed by atoms with E-state index < -0.39 is 6.36 Å². The van der Waals surface area contributed by atoms with Gasteiger partial charge in [0.05, 0.1) is 23.9 Å². The van der Waals surface area contributed by atoms with Gasteiger partial charge in [0.15, 0.2) is 0 Å². The van der Waals surface area contributed by atoms with Crippen molar-refractivity contribution >= 4 is 0 Å². The molecule has 1 saturated carbocycles. The van der Waals surface area contributed by atoms with Crippen LogP contribution in [0.15, 0.2) is 48.5 Å². The molecule has 0 radical (unpaired) electrons. The number of piperidine rings is 1. The molecule has 3 atom stereocenters. The maximum absolute atomic E-state index is 12.8. The summed E-state index contributed by atoms with van der Waals surface area (Å²) in [6.45, 7) is 0.917. The summed E-state index contributed by atoms with van der Waals surface area (Å²) in [7, 11) is 0. The van der Waals surface area contributed by atoms with E-state index in [1.807, 2.05) is 18.2 Å². The number of hydrogen-bond acceptors (Lipinski definition) is 4. The van der Waals surface area contributed by atoms with Gasteiger partial charge in [-0.3, -0.25) is 0 Å². The third-order valence-corrected chi connectivity index (χ3v) is 6.37. The Bertz CT molecular complexity index is 916. The summed E-state index contributed by atoms with van der Waals surface area (Å²) >= 11 is 0. The van der Waals surface area contributed by atoms with Gasteiger partial charge in [-0.2, -0.15) is 0 Å². The van der Waals surface area contributed by atoms with Crippen molar-refractivity contribution in [1.82, 2.24) is 5.32 Å². The molecule has 2 aromatic carbocycles. The van der Waals surface area contributed by atoms with Gasteiger partial charge in [0, 0.05) is 5.56 Å². The Balaban J connectivity index is 1.44. The molecule has 0 aromatic heterocycles. The molecule has 0 amide bonds. The van der Waals surface area contributed by atoms with Crippen LogP contribution in [0.3, 0.4) is 0 Å². The lowest BCUT2D eigenvalue weighted by Crippen LogP contribution is -2.48. The molecule has 1 spiro atoms. The second-order valence-corrected chi connectivity index (χ2v) is 8.68. The molecule has 2 saturated heterocycles. The predicted octanol–water partition coefficient (Wildman–Crippen LogP) is 5.84. The van der Waals surface area contributed by atoms with Crippen LogP contribution in [-0.4, -0.2) is 24.6 Å². The molecule has 2 aliphatic heterocycles. The molecule has 31 heavy (non-hydrogen) atoms. The standard InChI is InChI=1S/C24H26F3NO3/c25-24(26,27)30-18-9-10-20(29-17-7-8-17)19(15-18)21-11-13-23(31-21)12-4-14-28-22(23)16-5-2-1-3-6-16/h1-3,5-6,9-10,15,17,21-22,28H,4,7-8,11-14H2. The molecule has 5 rings (SSSR count).